The molecule has 2 atom stereocenters. The first-order valence-electron chi connectivity index (χ1n) is 8.99. The Bertz CT molecular complexity index is 697. The van der Waals surface area contributed by atoms with Crippen molar-refractivity contribution in [3.8, 4) is 5.88 Å². The van der Waals surface area contributed by atoms with Gasteiger partial charge in [0.1, 0.15) is 0 Å². The molecule has 0 aromatic carbocycles. The Morgan fingerprint density at radius 2 is 2.18 bits per heavy atom. The number of aromatic nitrogens is 1. The van der Waals surface area contributed by atoms with Crippen LogP contribution >= 0.6 is 0 Å². The molecule has 0 aliphatic carbocycles. The van der Waals surface area contributed by atoms with Crippen LogP contribution in [0.2, 0.25) is 0 Å². The first-order chi connectivity index (χ1) is 13.2. The van der Waals surface area contributed by atoms with Crippen molar-refractivity contribution in [2.75, 3.05) is 33.4 Å². The van der Waals surface area contributed by atoms with Gasteiger partial charge in [0.25, 0.3) is 0 Å². The number of guanidine groups is 1. The number of hydrogen-bond acceptors (Lipinski definition) is 5. The zero-order valence-corrected chi connectivity index (χ0v) is 16.1. The molecule has 1 saturated heterocycles. The van der Waals surface area contributed by atoms with Crippen molar-refractivity contribution in [2.24, 2.45) is 16.8 Å². The van der Waals surface area contributed by atoms with E-state index < -0.39 is 12.8 Å². The SMILES string of the molecule is CCNC(=NCc1cccnc1OCC(F)(F)F)N1CC(C)C(C(=O)OC)C1. The van der Waals surface area contributed by atoms with Crippen molar-refractivity contribution in [1.29, 1.82) is 0 Å². The fraction of sp³-hybridized carbons (Fsp3) is 0.611. The summed E-state index contributed by atoms with van der Waals surface area (Å²) in [6.07, 6.45) is -3.07. The van der Waals surface area contributed by atoms with Crippen LogP contribution in [0.1, 0.15) is 19.4 Å². The maximum Gasteiger partial charge on any atom is 0.422 e. The number of alkyl halides is 3. The van der Waals surface area contributed by atoms with Crippen LogP contribution in [0.3, 0.4) is 0 Å². The molecule has 2 unspecified atom stereocenters. The van der Waals surface area contributed by atoms with E-state index in [1.807, 2.05) is 18.7 Å². The van der Waals surface area contributed by atoms with E-state index in [1.165, 1.54) is 13.3 Å². The van der Waals surface area contributed by atoms with Gasteiger partial charge >= 0.3 is 12.1 Å². The normalized spacial score (nSPS) is 20.2. The van der Waals surface area contributed by atoms with Gasteiger partial charge in [-0.25, -0.2) is 9.98 Å². The first-order valence-corrected chi connectivity index (χ1v) is 8.99. The highest BCUT2D eigenvalue weighted by molar-refractivity contribution is 5.82. The van der Waals surface area contributed by atoms with Crippen LogP contribution in [0.4, 0.5) is 13.2 Å². The number of esters is 1. The predicted molar refractivity (Wildman–Crippen MR) is 96.8 cm³/mol. The highest BCUT2D eigenvalue weighted by Crippen LogP contribution is 2.25. The van der Waals surface area contributed by atoms with Gasteiger partial charge < -0.3 is 19.7 Å². The Balaban J connectivity index is 2.12. The molecule has 1 N–H and O–H groups in total. The van der Waals surface area contributed by atoms with Crippen molar-refractivity contribution in [3.05, 3.63) is 23.9 Å². The number of methoxy groups -OCH3 is 1. The second-order valence-corrected chi connectivity index (χ2v) is 6.55. The topological polar surface area (TPSA) is 76.1 Å². The highest BCUT2D eigenvalue weighted by Gasteiger charge is 2.37. The largest absolute Gasteiger partial charge is 0.469 e. The summed E-state index contributed by atoms with van der Waals surface area (Å²) in [5.41, 5.74) is 0.443. The van der Waals surface area contributed by atoms with E-state index in [9.17, 15) is 18.0 Å². The molecule has 28 heavy (non-hydrogen) atoms. The Labute approximate surface area is 161 Å². The Morgan fingerprint density at radius 3 is 2.82 bits per heavy atom. The number of carbonyl (C=O) groups is 1. The summed E-state index contributed by atoms with van der Waals surface area (Å²) in [7, 11) is 1.36. The molecule has 10 heteroatoms. The Kier molecular flexibility index (Phi) is 7.47. The quantitative estimate of drug-likeness (QED) is 0.447. The lowest BCUT2D eigenvalue weighted by molar-refractivity contribution is -0.154. The summed E-state index contributed by atoms with van der Waals surface area (Å²) < 4.78 is 46.9. The lowest BCUT2D eigenvalue weighted by Crippen LogP contribution is -2.40. The summed E-state index contributed by atoms with van der Waals surface area (Å²) in [6.45, 7) is 4.25. The number of aliphatic imine (C=N–C) groups is 1. The molecule has 0 radical (unpaired) electrons. The molecule has 2 rings (SSSR count). The molecule has 1 aromatic heterocycles. The van der Waals surface area contributed by atoms with Gasteiger partial charge in [-0.1, -0.05) is 13.0 Å². The molecule has 0 bridgehead atoms. The number of halogens is 3. The molecule has 0 amide bonds. The monoisotopic (exact) mass is 402 g/mol. The van der Waals surface area contributed by atoms with Crippen LogP contribution in [0, 0.1) is 11.8 Å². The van der Waals surface area contributed by atoms with E-state index in [2.05, 4.69) is 15.3 Å². The van der Waals surface area contributed by atoms with Crippen molar-refractivity contribution in [1.82, 2.24) is 15.2 Å². The van der Waals surface area contributed by atoms with E-state index in [1.54, 1.807) is 12.1 Å². The molecule has 1 aliphatic heterocycles. The number of pyridine rings is 1. The Morgan fingerprint density at radius 1 is 1.43 bits per heavy atom. The van der Waals surface area contributed by atoms with E-state index in [-0.39, 0.29) is 30.2 Å². The number of rotatable bonds is 6. The molecule has 1 fully saturated rings. The summed E-state index contributed by atoms with van der Waals surface area (Å²) in [5.74, 6) is 0.0623. The van der Waals surface area contributed by atoms with Crippen molar-refractivity contribution in [3.63, 3.8) is 0 Å². The predicted octanol–water partition coefficient (Wildman–Crippen LogP) is 2.23. The minimum atomic E-state index is -4.44. The molecule has 0 spiro atoms. The van der Waals surface area contributed by atoms with Crippen LogP contribution in [0.25, 0.3) is 0 Å². The van der Waals surface area contributed by atoms with Crippen LogP contribution in [-0.4, -0.2) is 61.3 Å². The second-order valence-electron chi connectivity index (χ2n) is 6.55. The van der Waals surface area contributed by atoms with E-state index in [0.717, 1.165) is 0 Å². The van der Waals surface area contributed by atoms with Crippen molar-refractivity contribution >= 4 is 11.9 Å². The van der Waals surface area contributed by atoms with Crippen LogP contribution in [0.5, 0.6) is 5.88 Å². The lowest BCUT2D eigenvalue weighted by atomic mass is 9.99. The molecule has 0 saturated carbocycles. The molecule has 7 nitrogen and oxygen atoms in total. The fourth-order valence-electron chi connectivity index (χ4n) is 3.01. The summed E-state index contributed by atoms with van der Waals surface area (Å²) >= 11 is 0. The number of carbonyl (C=O) groups excluding carboxylic acids is 1. The number of hydrogen-bond donors (Lipinski definition) is 1. The molecular formula is C18H25F3N4O3. The minimum absolute atomic E-state index is 0.0944. The van der Waals surface area contributed by atoms with Gasteiger partial charge in [0.05, 0.1) is 19.6 Å². The summed E-state index contributed by atoms with van der Waals surface area (Å²) in [6, 6.07) is 3.24. The van der Waals surface area contributed by atoms with Gasteiger partial charge in [0.15, 0.2) is 12.6 Å². The lowest BCUT2D eigenvalue weighted by Gasteiger charge is -2.21. The van der Waals surface area contributed by atoms with Gasteiger partial charge in [0, 0.05) is 31.4 Å². The number of ether oxygens (including phenoxy) is 2. The zero-order valence-electron chi connectivity index (χ0n) is 16.1. The third kappa shape index (κ3) is 6.00. The molecule has 1 aromatic rings. The average molecular weight is 402 g/mol. The number of nitrogens with zero attached hydrogens (tertiary/aromatic N) is 3. The number of likely N-dealkylation sites (tertiary alicyclic amines) is 1. The standard InChI is InChI=1S/C18H25F3N4O3/c1-4-22-17(25-9-12(2)14(10-25)16(26)27-3)24-8-13-6-5-7-23-15(13)28-11-18(19,20)21/h5-7,12,14H,4,8-11H2,1-3H3,(H,22,24). The molecule has 156 valence electrons. The zero-order chi connectivity index (χ0) is 20.7. The van der Waals surface area contributed by atoms with Crippen LogP contribution in [-0.2, 0) is 16.1 Å². The van der Waals surface area contributed by atoms with E-state index in [0.29, 0.717) is 31.2 Å². The maximum atomic E-state index is 12.4. The second kappa shape index (κ2) is 9.61. The summed E-state index contributed by atoms with van der Waals surface area (Å²) in [5, 5.41) is 3.15. The summed E-state index contributed by atoms with van der Waals surface area (Å²) in [4.78, 5) is 22.2. The van der Waals surface area contributed by atoms with Gasteiger partial charge in [-0.3, -0.25) is 4.79 Å². The maximum absolute atomic E-state index is 12.4. The smallest absolute Gasteiger partial charge is 0.422 e. The molecule has 2 heterocycles. The molecule has 1 aliphatic rings. The van der Waals surface area contributed by atoms with Gasteiger partial charge in [-0.05, 0) is 18.9 Å². The van der Waals surface area contributed by atoms with Crippen molar-refractivity contribution in [2.45, 2.75) is 26.6 Å². The van der Waals surface area contributed by atoms with E-state index >= 15 is 0 Å². The first kappa shape index (κ1) is 21.8. The number of nitrogens with one attached hydrogen (secondary N) is 1. The fourth-order valence-corrected chi connectivity index (χ4v) is 3.01. The van der Waals surface area contributed by atoms with E-state index in [4.69, 9.17) is 9.47 Å². The van der Waals surface area contributed by atoms with Gasteiger partial charge in [-0.15, -0.1) is 0 Å². The van der Waals surface area contributed by atoms with Gasteiger partial charge in [-0.2, -0.15) is 13.2 Å². The minimum Gasteiger partial charge on any atom is -0.469 e. The third-order valence-electron chi connectivity index (χ3n) is 4.37. The molecular weight excluding hydrogens is 377 g/mol. The highest BCUT2D eigenvalue weighted by atomic mass is 19.4. The Hall–Kier alpha value is -2.52. The third-order valence-corrected chi connectivity index (χ3v) is 4.37. The van der Waals surface area contributed by atoms with Crippen molar-refractivity contribution < 1.29 is 27.4 Å². The van der Waals surface area contributed by atoms with Crippen LogP contribution < -0.4 is 10.1 Å². The average Bonchev–Trinajstić information content (AvgIpc) is 3.04. The van der Waals surface area contributed by atoms with Gasteiger partial charge in [0.2, 0.25) is 5.88 Å². The van der Waals surface area contributed by atoms with Crippen LogP contribution in [0.15, 0.2) is 23.3 Å².